The number of aliphatic hydroxyl groups is 1. The van der Waals surface area contributed by atoms with E-state index in [0.29, 0.717) is 16.5 Å². The molecule has 0 heterocycles. The Bertz CT molecular complexity index is 354. The number of hydrogen-bond acceptors (Lipinski definition) is 3. The summed E-state index contributed by atoms with van der Waals surface area (Å²) in [5.41, 5.74) is 1.20. The SMILES string of the molecule is Cc1ccc(C(O)CBr)cc1[N+](=O)[O-]. The van der Waals surface area contributed by atoms with Crippen LogP contribution < -0.4 is 0 Å². The number of aryl methyl sites for hydroxylation is 1. The van der Waals surface area contributed by atoms with Gasteiger partial charge in [-0.2, -0.15) is 0 Å². The molecule has 14 heavy (non-hydrogen) atoms. The highest BCUT2D eigenvalue weighted by Gasteiger charge is 2.14. The Kier molecular flexibility index (Phi) is 3.60. The van der Waals surface area contributed by atoms with Gasteiger partial charge in [-0.05, 0) is 12.5 Å². The van der Waals surface area contributed by atoms with Gasteiger partial charge < -0.3 is 5.11 Å². The second-order valence-electron chi connectivity index (χ2n) is 2.97. The number of nitro benzene ring substituents is 1. The molecular formula is C9H10BrNO3. The maximum absolute atomic E-state index is 10.6. The fourth-order valence-electron chi connectivity index (χ4n) is 1.12. The molecule has 0 amide bonds. The van der Waals surface area contributed by atoms with E-state index in [1.54, 1.807) is 19.1 Å². The van der Waals surface area contributed by atoms with Crippen molar-refractivity contribution in [2.75, 3.05) is 5.33 Å². The number of nitrogens with zero attached hydrogens (tertiary/aromatic N) is 1. The fraction of sp³-hybridized carbons (Fsp3) is 0.333. The maximum atomic E-state index is 10.6. The minimum Gasteiger partial charge on any atom is -0.388 e. The standard InChI is InChI=1S/C9H10BrNO3/c1-6-2-3-7(9(12)5-10)4-8(6)11(13)14/h2-4,9,12H,5H2,1H3. The summed E-state index contributed by atoms with van der Waals surface area (Å²) in [5.74, 6) is 0. The minimum atomic E-state index is -0.700. The lowest BCUT2D eigenvalue weighted by Gasteiger charge is -2.07. The van der Waals surface area contributed by atoms with Crippen molar-refractivity contribution in [1.82, 2.24) is 0 Å². The predicted molar refractivity (Wildman–Crippen MR) is 56.6 cm³/mol. The fourth-order valence-corrected chi connectivity index (χ4v) is 1.49. The Morgan fingerprint density at radius 3 is 2.79 bits per heavy atom. The summed E-state index contributed by atoms with van der Waals surface area (Å²) in [6.45, 7) is 1.67. The van der Waals surface area contributed by atoms with Crippen LogP contribution in [0.1, 0.15) is 17.2 Å². The van der Waals surface area contributed by atoms with Crippen LogP contribution in [0.4, 0.5) is 5.69 Å². The number of hydrogen-bond donors (Lipinski definition) is 1. The molecule has 0 saturated carbocycles. The van der Waals surface area contributed by atoms with E-state index in [2.05, 4.69) is 15.9 Å². The summed E-state index contributed by atoms with van der Waals surface area (Å²) >= 11 is 3.11. The second-order valence-corrected chi connectivity index (χ2v) is 3.62. The van der Waals surface area contributed by atoms with Crippen LogP contribution in [0.15, 0.2) is 18.2 Å². The van der Waals surface area contributed by atoms with Crippen molar-refractivity contribution in [2.45, 2.75) is 13.0 Å². The first kappa shape index (κ1) is 11.1. The third-order valence-corrected chi connectivity index (χ3v) is 2.57. The molecule has 0 aromatic heterocycles. The van der Waals surface area contributed by atoms with Gasteiger partial charge in [0.05, 0.1) is 11.0 Å². The molecule has 0 aliphatic carbocycles. The molecule has 5 heteroatoms. The molecule has 0 aliphatic heterocycles. The van der Waals surface area contributed by atoms with Crippen molar-refractivity contribution in [2.24, 2.45) is 0 Å². The third kappa shape index (κ3) is 2.30. The molecule has 1 rings (SSSR count). The number of benzene rings is 1. The van der Waals surface area contributed by atoms with Crippen LogP contribution in [-0.4, -0.2) is 15.4 Å². The van der Waals surface area contributed by atoms with E-state index in [1.165, 1.54) is 6.07 Å². The topological polar surface area (TPSA) is 63.4 Å². The lowest BCUT2D eigenvalue weighted by molar-refractivity contribution is -0.385. The zero-order valence-corrected chi connectivity index (χ0v) is 9.19. The summed E-state index contributed by atoms with van der Waals surface area (Å²) in [7, 11) is 0. The molecule has 0 fully saturated rings. The first-order valence-electron chi connectivity index (χ1n) is 4.05. The van der Waals surface area contributed by atoms with Crippen molar-refractivity contribution in [3.05, 3.63) is 39.4 Å². The molecule has 76 valence electrons. The first-order chi connectivity index (χ1) is 6.56. The van der Waals surface area contributed by atoms with Gasteiger partial charge in [-0.15, -0.1) is 0 Å². The van der Waals surface area contributed by atoms with Gasteiger partial charge in [-0.25, -0.2) is 0 Å². The van der Waals surface area contributed by atoms with Gasteiger partial charge in [0.2, 0.25) is 0 Å². The molecule has 0 bridgehead atoms. The Labute approximate surface area is 89.8 Å². The van der Waals surface area contributed by atoms with Gasteiger partial charge in [0.1, 0.15) is 0 Å². The predicted octanol–water partition coefficient (Wildman–Crippen LogP) is 2.33. The highest BCUT2D eigenvalue weighted by atomic mass is 79.9. The number of halogens is 1. The van der Waals surface area contributed by atoms with Gasteiger partial charge in [0, 0.05) is 17.0 Å². The molecule has 1 unspecified atom stereocenters. The molecule has 1 aromatic rings. The zero-order chi connectivity index (χ0) is 10.7. The zero-order valence-electron chi connectivity index (χ0n) is 7.61. The van der Waals surface area contributed by atoms with Crippen molar-refractivity contribution < 1.29 is 10.0 Å². The first-order valence-corrected chi connectivity index (χ1v) is 5.17. The van der Waals surface area contributed by atoms with Crippen molar-refractivity contribution in [1.29, 1.82) is 0 Å². The lowest BCUT2D eigenvalue weighted by Crippen LogP contribution is -2.00. The number of rotatable bonds is 3. The van der Waals surface area contributed by atoms with Crippen molar-refractivity contribution in [3.8, 4) is 0 Å². The molecule has 0 spiro atoms. The number of alkyl halides is 1. The Morgan fingerprint density at radius 1 is 1.64 bits per heavy atom. The summed E-state index contributed by atoms with van der Waals surface area (Å²) < 4.78 is 0. The van der Waals surface area contributed by atoms with Crippen LogP contribution in [0.2, 0.25) is 0 Å². The third-order valence-electron chi connectivity index (χ3n) is 1.96. The van der Waals surface area contributed by atoms with E-state index in [4.69, 9.17) is 0 Å². The van der Waals surface area contributed by atoms with Crippen LogP contribution in [0.25, 0.3) is 0 Å². The Hall–Kier alpha value is -0.940. The van der Waals surface area contributed by atoms with Crippen LogP contribution in [0.3, 0.4) is 0 Å². The van der Waals surface area contributed by atoms with Crippen LogP contribution in [0.5, 0.6) is 0 Å². The molecule has 0 saturated heterocycles. The van der Waals surface area contributed by atoms with E-state index >= 15 is 0 Å². The highest BCUT2D eigenvalue weighted by Crippen LogP contribution is 2.23. The van der Waals surface area contributed by atoms with E-state index < -0.39 is 11.0 Å². The normalized spacial score (nSPS) is 12.5. The molecule has 0 aliphatic rings. The smallest absolute Gasteiger partial charge is 0.272 e. The summed E-state index contributed by atoms with van der Waals surface area (Å²) in [6, 6.07) is 4.73. The molecule has 1 atom stereocenters. The van der Waals surface area contributed by atoms with Crippen LogP contribution in [0, 0.1) is 17.0 Å². The summed E-state index contributed by atoms with van der Waals surface area (Å²) in [6.07, 6.45) is -0.700. The summed E-state index contributed by atoms with van der Waals surface area (Å²) in [4.78, 5) is 10.2. The second kappa shape index (κ2) is 4.52. The van der Waals surface area contributed by atoms with Gasteiger partial charge in [0.25, 0.3) is 5.69 Å². The van der Waals surface area contributed by atoms with Crippen LogP contribution in [-0.2, 0) is 0 Å². The molecule has 4 nitrogen and oxygen atoms in total. The quantitative estimate of drug-likeness (QED) is 0.515. The highest BCUT2D eigenvalue weighted by molar-refractivity contribution is 9.09. The average Bonchev–Trinajstić information content (AvgIpc) is 2.17. The maximum Gasteiger partial charge on any atom is 0.272 e. The number of nitro groups is 1. The minimum absolute atomic E-state index is 0.0440. The Balaban J connectivity index is 3.12. The van der Waals surface area contributed by atoms with E-state index in [9.17, 15) is 15.2 Å². The van der Waals surface area contributed by atoms with Gasteiger partial charge >= 0.3 is 0 Å². The van der Waals surface area contributed by atoms with Gasteiger partial charge in [-0.3, -0.25) is 10.1 Å². The molecule has 1 N–H and O–H groups in total. The molecule has 0 radical (unpaired) electrons. The lowest BCUT2D eigenvalue weighted by atomic mass is 10.1. The van der Waals surface area contributed by atoms with E-state index in [-0.39, 0.29) is 5.69 Å². The Morgan fingerprint density at radius 2 is 2.29 bits per heavy atom. The summed E-state index contributed by atoms with van der Waals surface area (Å²) in [5, 5.41) is 20.4. The van der Waals surface area contributed by atoms with Crippen molar-refractivity contribution in [3.63, 3.8) is 0 Å². The molecular weight excluding hydrogens is 250 g/mol. The van der Waals surface area contributed by atoms with Crippen molar-refractivity contribution >= 4 is 21.6 Å². The number of aliphatic hydroxyl groups excluding tert-OH is 1. The van der Waals surface area contributed by atoms with Gasteiger partial charge in [0.15, 0.2) is 0 Å². The monoisotopic (exact) mass is 259 g/mol. The largest absolute Gasteiger partial charge is 0.388 e. The average molecular weight is 260 g/mol. The van der Waals surface area contributed by atoms with E-state index in [1.807, 2.05) is 0 Å². The van der Waals surface area contributed by atoms with Gasteiger partial charge in [-0.1, -0.05) is 28.1 Å². The van der Waals surface area contributed by atoms with E-state index in [0.717, 1.165) is 0 Å². The van der Waals surface area contributed by atoms with Crippen LogP contribution >= 0.6 is 15.9 Å². The molecule has 1 aromatic carbocycles.